The van der Waals surface area contributed by atoms with Gasteiger partial charge in [-0.05, 0) is 42.2 Å². The molecular weight excluding hydrogens is 340 g/mol. The molecule has 8 heteroatoms. The number of carbonyl (C=O) groups excluding carboxylic acids is 1. The van der Waals surface area contributed by atoms with Crippen molar-refractivity contribution < 1.29 is 13.2 Å². The number of anilines is 1. The minimum atomic E-state index is -3.67. The van der Waals surface area contributed by atoms with E-state index < -0.39 is 15.9 Å². The Morgan fingerprint density at radius 2 is 2.23 bits per heavy atom. The third-order valence-corrected chi connectivity index (χ3v) is 7.79. The van der Waals surface area contributed by atoms with Crippen LogP contribution in [0.4, 0.5) is 5.00 Å². The van der Waals surface area contributed by atoms with Gasteiger partial charge in [0.2, 0.25) is 0 Å². The van der Waals surface area contributed by atoms with Crippen molar-refractivity contribution in [1.82, 2.24) is 0 Å². The molecule has 2 aromatic heterocycles. The molecule has 1 aliphatic rings. The van der Waals surface area contributed by atoms with E-state index in [1.54, 1.807) is 11.4 Å². The van der Waals surface area contributed by atoms with Crippen molar-refractivity contribution in [2.24, 2.45) is 11.7 Å². The summed E-state index contributed by atoms with van der Waals surface area (Å²) in [6.45, 7) is 2.15. The SMILES string of the molecule is C[C@H]1CCc2c(sc(NS(=O)(=O)c3cccs3)c2C(N)=O)C1. The molecule has 3 rings (SSSR count). The minimum Gasteiger partial charge on any atom is -0.365 e. The van der Waals surface area contributed by atoms with Gasteiger partial charge in [0.25, 0.3) is 15.9 Å². The van der Waals surface area contributed by atoms with Gasteiger partial charge in [-0.2, -0.15) is 0 Å². The average molecular weight is 356 g/mol. The van der Waals surface area contributed by atoms with E-state index in [2.05, 4.69) is 11.6 Å². The van der Waals surface area contributed by atoms with Crippen LogP contribution in [0.1, 0.15) is 34.1 Å². The van der Waals surface area contributed by atoms with E-state index in [9.17, 15) is 13.2 Å². The first-order chi connectivity index (χ1) is 10.4. The molecule has 1 amide bonds. The zero-order valence-electron chi connectivity index (χ0n) is 12.0. The largest absolute Gasteiger partial charge is 0.365 e. The van der Waals surface area contributed by atoms with Crippen molar-refractivity contribution in [2.45, 2.75) is 30.4 Å². The van der Waals surface area contributed by atoms with Crippen LogP contribution < -0.4 is 10.5 Å². The van der Waals surface area contributed by atoms with Crippen molar-refractivity contribution in [2.75, 3.05) is 4.72 Å². The predicted molar refractivity (Wildman–Crippen MR) is 89.2 cm³/mol. The van der Waals surface area contributed by atoms with Gasteiger partial charge in [0, 0.05) is 4.88 Å². The van der Waals surface area contributed by atoms with Crippen LogP contribution in [-0.2, 0) is 22.9 Å². The molecule has 118 valence electrons. The van der Waals surface area contributed by atoms with Crippen LogP contribution in [0.2, 0.25) is 0 Å². The summed E-state index contributed by atoms with van der Waals surface area (Å²) in [5, 5.41) is 2.05. The lowest BCUT2D eigenvalue weighted by atomic mass is 9.88. The quantitative estimate of drug-likeness (QED) is 0.883. The second-order valence-corrected chi connectivity index (χ2v) is 9.42. The highest BCUT2D eigenvalue weighted by atomic mass is 32.2. The first-order valence-corrected chi connectivity index (χ1v) is 10.1. The van der Waals surface area contributed by atoms with Gasteiger partial charge < -0.3 is 5.73 Å². The molecule has 2 heterocycles. The van der Waals surface area contributed by atoms with E-state index in [-0.39, 0.29) is 4.21 Å². The number of fused-ring (bicyclic) bond motifs is 1. The molecule has 1 atom stereocenters. The Morgan fingerprint density at radius 3 is 2.86 bits per heavy atom. The molecule has 0 saturated heterocycles. The highest BCUT2D eigenvalue weighted by Crippen LogP contribution is 2.40. The fourth-order valence-electron chi connectivity index (χ4n) is 2.67. The highest BCUT2D eigenvalue weighted by Gasteiger charge is 2.28. The van der Waals surface area contributed by atoms with Gasteiger partial charge in [0.05, 0.1) is 5.56 Å². The molecular formula is C14H16N2O3S3. The van der Waals surface area contributed by atoms with Crippen molar-refractivity contribution in [3.05, 3.63) is 33.5 Å². The summed E-state index contributed by atoms with van der Waals surface area (Å²) in [7, 11) is -3.67. The van der Waals surface area contributed by atoms with Crippen molar-refractivity contribution in [1.29, 1.82) is 0 Å². The Morgan fingerprint density at radius 1 is 1.45 bits per heavy atom. The molecule has 1 aliphatic carbocycles. The van der Waals surface area contributed by atoms with Crippen LogP contribution in [0.15, 0.2) is 21.7 Å². The normalized spacial score (nSPS) is 18.0. The van der Waals surface area contributed by atoms with Crippen molar-refractivity contribution in [3.63, 3.8) is 0 Å². The number of hydrogen-bond donors (Lipinski definition) is 2. The Kier molecular flexibility index (Phi) is 4.00. The van der Waals surface area contributed by atoms with Gasteiger partial charge in [-0.3, -0.25) is 9.52 Å². The molecule has 0 saturated carbocycles. The summed E-state index contributed by atoms with van der Waals surface area (Å²) in [6, 6.07) is 3.21. The topological polar surface area (TPSA) is 89.3 Å². The molecule has 0 fully saturated rings. The molecule has 0 unspecified atom stereocenters. The van der Waals surface area contributed by atoms with Crippen molar-refractivity contribution >= 4 is 43.6 Å². The van der Waals surface area contributed by atoms with Crippen LogP contribution in [-0.4, -0.2) is 14.3 Å². The number of nitrogens with one attached hydrogen (secondary N) is 1. The maximum atomic E-state index is 12.4. The zero-order valence-corrected chi connectivity index (χ0v) is 14.4. The first kappa shape index (κ1) is 15.5. The van der Waals surface area contributed by atoms with Gasteiger partial charge >= 0.3 is 0 Å². The van der Waals surface area contributed by atoms with E-state index in [4.69, 9.17) is 5.73 Å². The number of nitrogens with two attached hydrogens (primary N) is 1. The molecule has 0 radical (unpaired) electrons. The number of sulfonamides is 1. The van der Waals surface area contributed by atoms with E-state index in [0.29, 0.717) is 16.5 Å². The van der Waals surface area contributed by atoms with Crippen LogP contribution >= 0.6 is 22.7 Å². The monoisotopic (exact) mass is 356 g/mol. The molecule has 3 N–H and O–H groups in total. The van der Waals surface area contributed by atoms with E-state index in [0.717, 1.165) is 41.0 Å². The third kappa shape index (κ3) is 2.78. The molecule has 5 nitrogen and oxygen atoms in total. The summed E-state index contributed by atoms with van der Waals surface area (Å²) < 4.78 is 27.5. The van der Waals surface area contributed by atoms with Gasteiger partial charge in [0.15, 0.2) is 0 Å². The van der Waals surface area contributed by atoms with Gasteiger partial charge in [-0.15, -0.1) is 22.7 Å². The number of carbonyl (C=O) groups is 1. The van der Waals surface area contributed by atoms with Crippen LogP contribution in [0.25, 0.3) is 0 Å². The van der Waals surface area contributed by atoms with Crippen LogP contribution in [0, 0.1) is 5.92 Å². The van der Waals surface area contributed by atoms with Gasteiger partial charge in [-0.25, -0.2) is 8.42 Å². The number of amides is 1. The fourth-order valence-corrected chi connectivity index (χ4v) is 6.39. The lowest BCUT2D eigenvalue weighted by molar-refractivity contribution is 0.100. The van der Waals surface area contributed by atoms with E-state index >= 15 is 0 Å². The summed E-state index contributed by atoms with van der Waals surface area (Å²) in [4.78, 5) is 12.9. The smallest absolute Gasteiger partial charge is 0.272 e. The van der Waals surface area contributed by atoms with Crippen molar-refractivity contribution in [3.8, 4) is 0 Å². The molecule has 0 aliphatic heterocycles. The van der Waals surface area contributed by atoms with Gasteiger partial charge in [0.1, 0.15) is 9.21 Å². The first-order valence-electron chi connectivity index (χ1n) is 6.89. The Labute approximate surface area is 137 Å². The summed E-state index contributed by atoms with van der Waals surface area (Å²) in [5.41, 5.74) is 6.75. The third-order valence-electron chi connectivity index (χ3n) is 3.75. The van der Waals surface area contributed by atoms with Gasteiger partial charge in [-0.1, -0.05) is 13.0 Å². The predicted octanol–water partition coefficient (Wildman–Crippen LogP) is 2.83. The summed E-state index contributed by atoms with van der Waals surface area (Å²) in [6.07, 6.45) is 2.62. The summed E-state index contributed by atoms with van der Waals surface area (Å²) >= 11 is 2.47. The average Bonchev–Trinajstić information content (AvgIpc) is 3.04. The fraction of sp³-hybridized carbons (Fsp3) is 0.357. The Balaban J connectivity index is 2.03. The lowest BCUT2D eigenvalue weighted by Crippen LogP contribution is -2.19. The zero-order chi connectivity index (χ0) is 15.9. The Hall–Kier alpha value is -1.38. The highest BCUT2D eigenvalue weighted by molar-refractivity contribution is 7.94. The molecule has 0 bridgehead atoms. The number of hydrogen-bond acceptors (Lipinski definition) is 5. The maximum absolute atomic E-state index is 12.4. The summed E-state index contributed by atoms with van der Waals surface area (Å²) in [5.74, 6) is -0.0374. The second-order valence-electron chi connectivity index (χ2n) is 5.46. The molecule has 2 aromatic rings. The van der Waals surface area contributed by atoms with E-state index in [1.165, 1.54) is 17.4 Å². The van der Waals surface area contributed by atoms with E-state index in [1.807, 2.05) is 0 Å². The number of thiophene rings is 2. The maximum Gasteiger partial charge on any atom is 0.272 e. The lowest BCUT2D eigenvalue weighted by Gasteiger charge is -2.18. The molecule has 0 spiro atoms. The minimum absolute atomic E-state index is 0.225. The second kappa shape index (κ2) is 5.68. The number of primary amides is 1. The number of rotatable bonds is 4. The standard InChI is InChI=1S/C14H16N2O3S3/c1-8-4-5-9-10(7-8)21-14(12(9)13(15)17)16-22(18,19)11-3-2-6-20-11/h2-3,6,8,16H,4-5,7H2,1H3,(H2,15,17)/t8-/m0/s1. The van der Waals surface area contributed by atoms with Crippen LogP contribution in [0.5, 0.6) is 0 Å². The molecule has 0 aromatic carbocycles. The molecule has 22 heavy (non-hydrogen) atoms. The van der Waals surface area contributed by atoms with Crippen LogP contribution in [0.3, 0.4) is 0 Å². The Bertz CT molecular complexity index is 807.